The summed E-state index contributed by atoms with van der Waals surface area (Å²) in [7, 11) is 1.83. The largest absolute Gasteiger partial charge is 0.478 e. The standard InChI is InChI=1S/C17H18N2O2.C8H9NO2.C7H7NO2.CH4/c1-11-4-5-14(12(2)20)10-16(11)19-17(21)13-6-8-15(18-3)9-7-13;1-5-2-3-6(8(10)11)4-7(5)9;8-6-3-1-5(2-4-6)7(9)10;/h4-10,18H,1-3H3,(H,19,21);2-4H,9H2,1H3,(H,10,11);1-4H,8H2,(H,9,10);1H4. The van der Waals surface area contributed by atoms with Crippen molar-refractivity contribution < 1.29 is 29.4 Å². The number of hydrogen-bond donors (Lipinski definition) is 6. The van der Waals surface area contributed by atoms with Gasteiger partial charge in [-0.05, 0) is 98.6 Å². The normalized spacial score (nSPS) is 9.49. The maximum atomic E-state index is 12.2. The Morgan fingerprint density at radius 2 is 1.14 bits per heavy atom. The van der Waals surface area contributed by atoms with Crippen LogP contribution in [0.1, 0.15) is 66.9 Å². The number of nitrogen functional groups attached to an aromatic ring is 2. The fraction of sp³-hybridized carbons (Fsp3) is 0.152. The molecule has 0 radical (unpaired) electrons. The number of rotatable bonds is 6. The van der Waals surface area contributed by atoms with Crippen molar-refractivity contribution in [1.82, 2.24) is 0 Å². The van der Waals surface area contributed by atoms with E-state index in [-0.39, 0.29) is 30.2 Å². The minimum atomic E-state index is -0.947. The third-order valence-electron chi connectivity index (χ3n) is 6.01. The first-order chi connectivity index (χ1) is 19.8. The van der Waals surface area contributed by atoms with Crippen LogP contribution >= 0.6 is 0 Å². The summed E-state index contributed by atoms with van der Waals surface area (Å²) in [5.74, 6) is -2.10. The quantitative estimate of drug-likeness (QED) is 0.110. The Hall–Kier alpha value is -5.64. The number of aryl methyl sites for hydroxylation is 2. The number of anilines is 4. The van der Waals surface area contributed by atoms with Gasteiger partial charge in [-0.1, -0.05) is 25.6 Å². The summed E-state index contributed by atoms with van der Waals surface area (Å²) < 4.78 is 0. The van der Waals surface area contributed by atoms with Crippen molar-refractivity contribution in [2.24, 2.45) is 0 Å². The van der Waals surface area contributed by atoms with E-state index >= 15 is 0 Å². The van der Waals surface area contributed by atoms with Gasteiger partial charge >= 0.3 is 11.9 Å². The van der Waals surface area contributed by atoms with E-state index in [1.807, 2.05) is 39.1 Å². The predicted molar refractivity (Wildman–Crippen MR) is 172 cm³/mol. The lowest BCUT2D eigenvalue weighted by Gasteiger charge is -2.10. The topological polar surface area (TPSA) is 185 Å². The van der Waals surface area contributed by atoms with Gasteiger partial charge in [-0.2, -0.15) is 0 Å². The highest BCUT2D eigenvalue weighted by Crippen LogP contribution is 2.19. The number of carboxylic acid groups (broad SMARTS) is 2. The smallest absolute Gasteiger partial charge is 0.335 e. The average molecular weight is 587 g/mol. The molecule has 4 rings (SSSR count). The van der Waals surface area contributed by atoms with Crippen LogP contribution in [0, 0.1) is 13.8 Å². The molecular weight excluding hydrogens is 548 g/mol. The van der Waals surface area contributed by atoms with Gasteiger partial charge in [0.05, 0.1) is 11.1 Å². The van der Waals surface area contributed by atoms with Crippen molar-refractivity contribution in [3.05, 3.63) is 118 Å². The van der Waals surface area contributed by atoms with Crippen LogP contribution < -0.4 is 22.1 Å². The van der Waals surface area contributed by atoms with Crippen molar-refractivity contribution in [1.29, 1.82) is 0 Å². The third-order valence-corrected chi connectivity index (χ3v) is 6.01. The van der Waals surface area contributed by atoms with Gasteiger partial charge in [-0.3, -0.25) is 9.59 Å². The molecule has 0 bridgehead atoms. The Morgan fingerprint density at radius 1 is 0.651 bits per heavy atom. The highest BCUT2D eigenvalue weighted by molar-refractivity contribution is 6.05. The fourth-order valence-corrected chi connectivity index (χ4v) is 3.36. The lowest BCUT2D eigenvalue weighted by Crippen LogP contribution is -2.13. The molecule has 0 aliphatic carbocycles. The van der Waals surface area contributed by atoms with Crippen LogP contribution in [0.15, 0.2) is 84.9 Å². The van der Waals surface area contributed by atoms with E-state index in [9.17, 15) is 19.2 Å². The van der Waals surface area contributed by atoms with Gasteiger partial charge in [0.1, 0.15) is 0 Å². The Bertz CT molecular complexity index is 1570. The Labute approximate surface area is 251 Å². The minimum Gasteiger partial charge on any atom is -0.478 e. The molecule has 10 nitrogen and oxygen atoms in total. The minimum absolute atomic E-state index is 0. The molecule has 0 heterocycles. The van der Waals surface area contributed by atoms with Crippen LogP contribution in [-0.4, -0.2) is 40.9 Å². The molecule has 0 fully saturated rings. The molecule has 1 amide bonds. The van der Waals surface area contributed by atoms with E-state index in [1.54, 1.807) is 42.5 Å². The number of nitrogens with one attached hydrogen (secondary N) is 2. The lowest BCUT2D eigenvalue weighted by molar-refractivity contribution is 0.0686. The second-order valence-corrected chi connectivity index (χ2v) is 9.17. The second kappa shape index (κ2) is 16.6. The van der Waals surface area contributed by atoms with Gasteiger partial charge in [-0.15, -0.1) is 0 Å². The molecule has 8 N–H and O–H groups in total. The number of nitrogens with two attached hydrogens (primary N) is 2. The van der Waals surface area contributed by atoms with Gasteiger partial charge in [0, 0.05) is 40.9 Å². The summed E-state index contributed by atoms with van der Waals surface area (Å²) in [5.41, 5.74) is 17.0. The van der Waals surface area contributed by atoms with Gasteiger partial charge < -0.3 is 32.3 Å². The van der Waals surface area contributed by atoms with Gasteiger partial charge in [0.15, 0.2) is 5.78 Å². The molecule has 4 aromatic carbocycles. The van der Waals surface area contributed by atoms with E-state index < -0.39 is 11.9 Å². The first kappa shape index (κ1) is 35.4. The second-order valence-electron chi connectivity index (χ2n) is 9.17. The molecule has 4 aromatic rings. The van der Waals surface area contributed by atoms with Gasteiger partial charge in [0.25, 0.3) is 5.91 Å². The highest BCUT2D eigenvalue weighted by Gasteiger charge is 2.10. The van der Waals surface area contributed by atoms with Crippen molar-refractivity contribution in [2.45, 2.75) is 28.2 Å². The summed E-state index contributed by atoms with van der Waals surface area (Å²) in [5, 5.41) is 22.8. The van der Waals surface area contributed by atoms with Crippen molar-refractivity contribution in [3.63, 3.8) is 0 Å². The molecule has 0 saturated carbocycles. The van der Waals surface area contributed by atoms with Crippen molar-refractivity contribution >= 4 is 46.4 Å². The van der Waals surface area contributed by atoms with Crippen LogP contribution in [0.5, 0.6) is 0 Å². The molecule has 10 heteroatoms. The molecule has 0 aromatic heterocycles. The summed E-state index contributed by atoms with van der Waals surface area (Å²) in [6.07, 6.45) is 0. The lowest BCUT2D eigenvalue weighted by atomic mass is 10.1. The molecule has 226 valence electrons. The monoisotopic (exact) mass is 586 g/mol. The summed E-state index contributed by atoms with van der Waals surface area (Å²) in [6, 6.07) is 23.2. The maximum Gasteiger partial charge on any atom is 0.335 e. The summed E-state index contributed by atoms with van der Waals surface area (Å²) in [6.45, 7) is 5.23. The zero-order valence-electron chi connectivity index (χ0n) is 23.8. The third kappa shape index (κ3) is 11.0. The first-order valence-corrected chi connectivity index (χ1v) is 12.7. The number of ketones is 1. The molecule has 0 aliphatic heterocycles. The number of Topliss-reactive ketones (excluding diaryl/α,β-unsaturated/α-hetero) is 1. The van der Waals surface area contributed by atoms with Crippen molar-refractivity contribution in [3.8, 4) is 0 Å². The number of benzene rings is 4. The van der Waals surface area contributed by atoms with Crippen LogP contribution in [0.3, 0.4) is 0 Å². The molecule has 0 spiro atoms. The maximum absolute atomic E-state index is 12.2. The number of carbonyl (C=O) groups is 4. The molecule has 0 unspecified atom stereocenters. The molecular formula is C33H38N4O6. The number of hydrogen-bond acceptors (Lipinski definition) is 7. The number of carbonyl (C=O) groups excluding carboxylic acids is 2. The molecule has 43 heavy (non-hydrogen) atoms. The van der Waals surface area contributed by atoms with Gasteiger partial charge in [-0.25, -0.2) is 9.59 Å². The van der Waals surface area contributed by atoms with Crippen LogP contribution in [0.4, 0.5) is 22.7 Å². The summed E-state index contributed by atoms with van der Waals surface area (Å²) >= 11 is 0. The van der Waals surface area contributed by atoms with E-state index in [2.05, 4.69) is 10.6 Å². The fourth-order valence-electron chi connectivity index (χ4n) is 3.36. The SMILES string of the molecule is C.CNc1ccc(C(=O)Nc2cc(C(C)=O)ccc2C)cc1.Cc1ccc(C(=O)O)cc1N.Nc1ccc(C(=O)O)cc1. The van der Waals surface area contributed by atoms with E-state index in [0.717, 1.165) is 16.8 Å². The zero-order chi connectivity index (χ0) is 31.4. The highest BCUT2D eigenvalue weighted by atomic mass is 16.4. The van der Waals surface area contributed by atoms with Crippen LogP contribution in [0.25, 0.3) is 0 Å². The Balaban J connectivity index is 0.000000354. The van der Waals surface area contributed by atoms with Crippen LogP contribution in [-0.2, 0) is 0 Å². The number of carboxylic acids is 2. The average Bonchev–Trinajstić information content (AvgIpc) is 2.96. The van der Waals surface area contributed by atoms with Gasteiger partial charge in [0.2, 0.25) is 0 Å². The first-order valence-electron chi connectivity index (χ1n) is 12.7. The van der Waals surface area contributed by atoms with Crippen LogP contribution in [0.2, 0.25) is 0 Å². The number of aromatic carboxylic acids is 2. The summed E-state index contributed by atoms with van der Waals surface area (Å²) in [4.78, 5) is 44.3. The van der Waals surface area contributed by atoms with E-state index in [0.29, 0.717) is 28.2 Å². The molecule has 0 atom stereocenters. The van der Waals surface area contributed by atoms with E-state index in [1.165, 1.54) is 31.2 Å². The Kier molecular flexibility index (Phi) is 13.6. The molecule has 0 saturated heterocycles. The zero-order valence-corrected chi connectivity index (χ0v) is 23.8. The molecule has 0 aliphatic rings. The number of amides is 1. The van der Waals surface area contributed by atoms with Crippen molar-refractivity contribution in [2.75, 3.05) is 29.1 Å². The Morgan fingerprint density at radius 3 is 1.63 bits per heavy atom. The predicted octanol–water partition coefficient (Wildman–Crippen LogP) is 6.37. The van der Waals surface area contributed by atoms with E-state index in [4.69, 9.17) is 21.7 Å².